The number of carbonyl (C=O) groups is 1. The number of hydrogen-bond donors (Lipinski definition) is 2. The minimum Gasteiger partial charge on any atom is -0.497 e. The van der Waals surface area contributed by atoms with Crippen LogP contribution in [-0.4, -0.2) is 55.3 Å². The molecule has 0 aromatic heterocycles. The third-order valence-electron chi connectivity index (χ3n) is 5.73. The van der Waals surface area contributed by atoms with E-state index in [1.165, 1.54) is 18.4 Å². The van der Waals surface area contributed by atoms with E-state index in [1.54, 1.807) is 7.11 Å². The van der Waals surface area contributed by atoms with Gasteiger partial charge < -0.3 is 15.2 Å². The van der Waals surface area contributed by atoms with E-state index >= 15 is 0 Å². The van der Waals surface area contributed by atoms with Crippen molar-refractivity contribution in [2.24, 2.45) is 0 Å². The van der Waals surface area contributed by atoms with Gasteiger partial charge in [0.2, 0.25) is 5.91 Å². The molecule has 1 saturated carbocycles. The Bertz CT molecular complexity index is 567. The molecule has 1 aromatic carbocycles. The zero-order valence-corrected chi connectivity index (χ0v) is 15.2. The molecule has 138 valence electrons. The van der Waals surface area contributed by atoms with Crippen molar-refractivity contribution in [3.8, 4) is 5.75 Å². The molecule has 5 nitrogen and oxygen atoms in total. The third-order valence-corrected chi connectivity index (χ3v) is 5.73. The largest absolute Gasteiger partial charge is 0.497 e. The molecule has 1 saturated heterocycles. The van der Waals surface area contributed by atoms with Crippen LogP contribution < -0.4 is 10.1 Å². The molecule has 0 spiro atoms. The fourth-order valence-electron chi connectivity index (χ4n) is 4.27. The van der Waals surface area contributed by atoms with Gasteiger partial charge in [-0.3, -0.25) is 9.69 Å². The summed E-state index contributed by atoms with van der Waals surface area (Å²) >= 11 is 0. The predicted molar refractivity (Wildman–Crippen MR) is 97.8 cm³/mol. The van der Waals surface area contributed by atoms with Crippen molar-refractivity contribution in [1.82, 2.24) is 10.2 Å². The maximum absolute atomic E-state index is 12.4. The Morgan fingerprint density at radius 3 is 2.64 bits per heavy atom. The molecule has 1 aromatic rings. The topological polar surface area (TPSA) is 61.8 Å². The van der Waals surface area contributed by atoms with E-state index in [9.17, 15) is 9.90 Å². The van der Waals surface area contributed by atoms with E-state index < -0.39 is 0 Å². The molecule has 2 N–H and O–H groups in total. The molecule has 2 fully saturated rings. The fourth-order valence-corrected chi connectivity index (χ4v) is 4.27. The average Bonchev–Trinajstić information content (AvgIpc) is 3.10. The van der Waals surface area contributed by atoms with E-state index in [0.717, 1.165) is 38.0 Å². The predicted octanol–water partition coefficient (Wildman–Crippen LogP) is 2.08. The van der Waals surface area contributed by atoms with Crippen LogP contribution in [-0.2, 0) is 10.2 Å². The zero-order valence-electron chi connectivity index (χ0n) is 15.2. The number of ether oxygens (including phenoxy) is 1. The number of nitrogens with zero attached hydrogens (tertiary/aromatic N) is 1. The van der Waals surface area contributed by atoms with Gasteiger partial charge in [0.25, 0.3) is 0 Å². The molecular weight excluding hydrogens is 316 g/mol. The van der Waals surface area contributed by atoms with Gasteiger partial charge in [0, 0.05) is 18.5 Å². The Labute approximate surface area is 150 Å². The smallest absolute Gasteiger partial charge is 0.234 e. The normalized spacial score (nSPS) is 23.4. The lowest BCUT2D eigenvalue weighted by Crippen LogP contribution is -2.46. The maximum atomic E-state index is 12.4. The Morgan fingerprint density at radius 2 is 2.00 bits per heavy atom. The lowest BCUT2D eigenvalue weighted by Gasteiger charge is -2.32. The first-order chi connectivity index (χ1) is 12.1. The highest BCUT2D eigenvalue weighted by atomic mass is 16.5. The highest BCUT2D eigenvalue weighted by Crippen LogP contribution is 2.41. The Kier molecular flexibility index (Phi) is 5.97. The zero-order chi connectivity index (χ0) is 17.7. The van der Waals surface area contributed by atoms with Crippen LogP contribution in [0.15, 0.2) is 24.3 Å². The highest BCUT2D eigenvalue weighted by Gasteiger charge is 2.36. The number of benzene rings is 1. The molecule has 1 aliphatic heterocycles. The Hall–Kier alpha value is -1.59. The molecule has 25 heavy (non-hydrogen) atoms. The first-order valence-corrected chi connectivity index (χ1v) is 9.43. The highest BCUT2D eigenvalue weighted by molar-refractivity contribution is 5.78. The van der Waals surface area contributed by atoms with Crippen LogP contribution >= 0.6 is 0 Å². The molecule has 0 bridgehead atoms. The molecule has 1 aliphatic carbocycles. The van der Waals surface area contributed by atoms with Crippen LogP contribution in [0.5, 0.6) is 5.75 Å². The van der Waals surface area contributed by atoms with E-state index in [0.29, 0.717) is 19.6 Å². The number of aliphatic hydroxyl groups excluding tert-OH is 1. The number of rotatable bonds is 6. The summed E-state index contributed by atoms with van der Waals surface area (Å²) in [7, 11) is 1.68. The van der Waals surface area contributed by atoms with Crippen LogP contribution in [0.3, 0.4) is 0 Å². The Balaban J connectivity index is 1.58. The summed E-state index contributed by atoms with van der Waals surface area (Å²) in [5.74, 6) is 0.929. The van der Waals surface area contributed by atoms with Gasteiger partial charge in [0.05, 0.1) is 19.8 Å². The van der Waals surface area contributed by atoms with Crippen molar-refractivity contribution in [2.75, 3.05) is 33.3 Å². The number of carbonyl (C=O) groups excluding carboxylic acids is 1. The van der Waals surface area contributed by atoms with E-state index in [2.05, 4.69) is 22.3 Å². The van der Waals surface area contributed by atoms with Crippen molar-refractivity contribution in [2.45, 2.75) is 50.0 Å². The quantitative estimate of drug-likeness (QED) is 0.828. The van der Waals surface area contributed by atoms with Crippen LogP contribution in [0.25, 0.3) is 0 Å². The van der Waals surface area contributed by atoms with Gasteiger partial charge in [-0.2, -0.15) is 0 Å². The summed E-state index contributed by atoms with van der Waals surface area (Å²) in [6.45, 7) is 2.58. The second-order valence-electron chi connectivity index (χ2n) is 7.52. The summed E-state index contributed by atoms with van der Waals surface area (Å²) in [4.78, 5) is 14.4. The molecule has 1 unspecified atom stereocenters. The van der Waals surface area contributed by atoms with Crippen LogP contribution in [0.1, 0.15) is 44.1 Å². The van der Waals surface area contributed by atoms with Crippen molar-refractivity contribution < 1.29 is 14.6 Å². The number of β-amino-alcohol motifs (C(OH)–C–C–N with tert-alkyl or cyclic N) is 1. The van der Waals surface area contributed by atoms with Crippen molar-refractivity contribution >= 4 is 5.91 Å². The molecule has 1 atom stereocenters. The minimum absolute atomic E-state index is 0.0450. The second kappa shape index (κ2) is 8.19. The average molecular weight is 346 g/mol. The van der Waals surface area contributed by atoms with Gasteiger partial charge in [-0.1, -0.05) is 25.0 Å². The first-order valence-electron chi connectivity index (χ1n) is 9.43. The van der Waals surface area contributed by atoms with Gasteiger partial charge >= 0.3 is 0 Å². The van der Waals surface area contributed by atoms with Crippen LogP contribution in [0.2, 0.25) is 0 Å². The van der Waals surface area contributed by atoms with Crippen LogP contribution in [0, 0.1) is 0 Å². The van der Waals surface area contributed by atoms with Crippen molar-refractivity contribution in [3.63, 3.8) is 0 Å². The van der Waals surface area contributed by atoms with Gasteiger partial charge in [-0.05, 0) is 49.9 Å². The Morgan fingerprint density at radius 1 is 1.28 bits per heavy atom. The number of piperidine rings is 1. The third kappa shape index (κ3) is 4.53. The van der Waals surface area contributed by atoms with E-state index in [1.807, 2.05) is 12.1 Å². The monoisotopic (exact) mass is 346 g/mol. The van der Waals surface area contributed by atoms with Crippen molar-refractivity contribution in [3.05, 3.63) is 29.8 Å². The number of aliphatic hydroxyl groups is 1. The number of nitrogens with one attached hydrogen (secondary N) is 1. The molecule has 2 aliphatic rings. The van der Waals surface area contributed by atoms with E-state index in [-0.39, 0.29) is 17.4 Å². The molecule has 1 heterocycles. The number of amides is 1. The van der Waals surface area contributed by atoms with Gasteiger partial charge in [0.1, 0.15) is 5.75 Å². The summed E-state index contributed by atoms with van der Waals surface area (Å²) in [6.07, 6.45) is 6.16. The number of methoxy groups -OCH3 is 1. The van der Waals surface area contributed by atoms with Gasteiger partial charge in [-0.25, -0.2) is 0 Å². The SMILES string of the molecule is COc1ccc(C2(CNC(=O)CN3CCCC(O)C3)CCCC2)cc1. The van der Waals surface area contributed by atoms with E-state index in [4.69, 9.17) is 4.74 Å². The molecular formula is C20H30N2O3. The number of hydrogen-bond acceptors (Lipinski definition) is 4. The second-order valence-corrected chi connectivity index (χ2v) is 7.52. The molecule has 5 heteroatoms. The number of likely N-dealkylation sites (tertiary alicyclic amines) is 1. The first kappa shape index (κ1) is 18.2. The summed E-state index contributed by atoms with van der Waals surface area (Å²) in [5, 5.41) is 12.9. The van der Waals surface area contributed by atoms with Gasteiger partial charge in [-0.15, -0.1) is 0 Å². The maximum Gasteiger partial charge on any atom is 0.234 e. The lowest BCUT2D eigenvalue weighted by molar-refractivity contribution is -0.123. The minimum atomic E-state index is -0.290. The fraction of sp³-hybridized carbons (Fsp3) is 0.650. The standard InChI is InChI=1S/C20H30N2O3/c1-25-18-8-6-16(7-9-18)20(10-2-3-11-20)15-21-19(24)14-22-12-4-5-17(23)13-22/h6-9,17,23H,2-5,10-15H2,1H3,(H,21,24). The summed E-state index contributed by atoms with van der Waals surface area (Å²) in [6, 6.07) is 8.29. The summed E-state index contributed by atoms with van der Waals surface area (Å²) < 4.78 is 5.26. The van der Waals surface area contributed by atoms with Gasteiger partial charge in [0.15, 0.2) is 0 Å². The molecule has 0 radical (unpaired) electrons. The summed E-state index contributed by atoms with van der Waals surface area (Å²) in [5.41, 5.74) is 1.34. The molecule has 1 amide bonds. The van der Waals surface area contributed by atoms with Crippen molar-refractivity contribution in [1.29, 1.82) is 0 Å². The van der Waals surface area contributed by atoms with Crippen LogP contribution in [0.4, 0.5) is 0 Å². The lowest BCUT2D eigenvalue weighted by atomic mass is 9.78. The molecule has 3 rings (SSSR count).